The van der Waals surface area contributed by atoms with E-state index in [2.05, 4.69) is 15.0 Å². The van der Waals surface area contributed by atoms with Gasteiger partial charge < -0.3 is 0 Å². The number of carbonyl (C=O) groups is 1. The molecule has 0 unspecified atom stereocenters. The standard InChI is InChI=1S/C7H10N4O/c1-10-2-3-11-7(4-10)8-6(5-12)9-11/h5H,2-4H2,1H3. The number of rotatable bonds is 1. The van der Waals surface area contributed by atoms with Gasteiger partial charge in [0.1, 0.15) is 5.82 Å². The Bertz CT molecular complexity index is 306. The lowest BCUT2D eigenvalue weighted by atomic mass is 10.4. The maximum atomic E-state index is 10.4. The number of hydrogen-bond donors (Lipinski definition) is 0. The highest BCUT2D eigenvalue weighted by molar-refractivity contribution is 5.68. The zero-order chi connectivity index (χ0) is 8.55. The van der Waals surface area contributed by atoms with Crippen LogP contribution in [-0.2, 0) is 13.1 Å². The highest BCUT2D eigenvalue weighted by atomic mass is 16.1. The van der Waals surface area contributed by atoms with Crippen molar-refractivity contribution in [1.82, 2.24) is 19.7 Å². The molecule has 5 heteroatoms. The van der Waals surface area contributed by atoms with Crippen molar-refractivity contribution in [1.29, 1.82) is 0 Å². The molecule has 0 atom stereocenters. The first kappa shape index (κ1) is 7.42. The van der Waals surface area contributed by atoms with Gasteiger partial charge in [-0.25, -0.2) is 9.67 Å². The molecule has 0 radical (unpaired) electrons. The van der Waals surface area contributed by atoms with Gasteiger partial charge in [-0.15, -0.1) is 5.10 Å². The van der Waals surface area contributed by atoms with Crippen molar-refractivity contribution in [3.8, 4) is 0 Å². The molecule has 0 aliphatic carbocycles. The Labute approximate surface area is 70.0 Å². The Kier molecular flexibility index (Phi) is 1.65. The predicted octanol–water partition coefficient (Wildman–Crippen LogP) is -0.464. The summed E-state index contributed by atoms with van der Waals surface area (Å²) < 4.78 is 1.80. The van der Waals surface area contributed by atoms with Crippen LogP contribution in [0.25, 0.3) is 0 Å². The summed E-state index contributed by atoms with van der Waals surface area (Å²) >= 11 is 0. The monoisotopic (exact) mass is 166 g/mol. The number of nitrogens with zero attached hydrogens (tertiary/aromatic N) is 4. The number of hydrogen-bond acceptors (Lipinski definition) is 4. The minimum Gasteiger partial charge on any atom is -0.297 e. The second kappa shape index (κ2) is 2.67. The first-order chi connectivity index (χ1) is 5.79. The van der Waals surface area contributed by atoms with Crippen LogP contribution in [0.15, 0.2) is 0 Å². The van der Waals surface area contributed by atoms with E-state index in [0.29, 0.717) is 12.1 Å². The van der Waals surface area contributed by atoms with Gasteiger partial charge in [-0.1, -0.05) is 0 Å². The van der Waals surface area contributed by atoms with Gasteiger partial charge in [0, 0.05) is 6.54 Å². The van der Waals surface area contributed by atoms with Crippen LogP contribution in [0.5, 0.6) is 0 Å². The van der Waals surface area contributed by atoms with Gasteiger partial charge in [-0.2, -0.15) is 0 Å². The molecule has 5 nitrogen and oxygen atoms in total. The summed E-state index contributed by atoms with van der Waals surface area (Å²) in [5, 5.41) is 4.01. The van der Waals surface area contributed by atoms with Crippen LogP contribution in [-0.4, -0.2) is 39.5 Å². The Morgan fingerprint density at radius 2 is 2.33 bits per heavy atom. The number of aromatic nitrogens is 3. The maximum absolute atomic E-state index is 10.4. The van der Waals surface area contributed by atoms with Crippen LogP contribution < -0.4 is 0 Å². The molecule has 0 aromatic carbocycles. The molecule has 2 heterocycles. The largest absolute Gasteiger partial charge is 0.297 e. The Morgan fingerprint density at radius 3 is 3.08 bits per heavy atom. The van der Waals surface area contributed by atoms with E-state index in [0.717, 1.165) is 25.5 Å². The van der Waals surface area contributed by atoms with Crippen molar-refractivity contribution in [3.63, 3.8) is 0 Å². The van der Waals surface area contributed by atoms with Crippen molar-refractivity contribution in [2.75, 3.05) is 13.6 Å². The molecule has 0 spiro atoms. The molecule has 0 bridgehead atoms. The molecular formula is C7H10N4O. The van der Waals surface area contributed by atoms with Crippen molar-refractivity contribution < 1.29 is 4.79 Å². The van der Waals surface area contributed by atoms with Crippen molar-refractivity contribution in [2.24, 2.45) is 0 Å². The molecule has 0 N–H and O–H groups in total. The summed E-state index contributed by atoms with van der Waals surface area (Å²) in [6.45, 7) is 2.57. The lowest BCUT2D eigenvalue weighted by Gasteiger charge is -2.21. The van der Waals surface area contributed by atoms with Crippen LogP contribution in [0.2, 0.25) is 0 Å². The van der Waals surface area contributed by atoms with Crippen LogP contribution in [0.3, 0.4) is 0 Å². The van der Waals surface area contributed by atoms with Gasteiger partial charge in [-0.3, -0.25) is 9.69 Å². The van der Waals surface area contributed by atoms with Gasteiger partial charge in [0.05, 0.1) is 13.1 Å². The van der Waals surface area contributed by atoms with Gasteiger partial charge in [0.2, 0.25) is 5.82 Å². The zero-order valence-electron chi connectivity index (χ0n) is 6.90. The number of fused-ring (bicyclic) bond motifs is 1. The minimum absolute atomic E-state index is 0.292. The average Bonchev–Trinajstić information content (AvgIpc) is 2.46. The van der Waals surface area contributed by atoms with Crippen LogP contribution in [0.1, 0.15) is 16.4 Å². The first-order valence-electron chi connectivity index (χ1n) is 3.87. The molecular weight excluding hydrogens is 156 g/mol. The Hall–Kier alpha value is -1.23. The Balaban J connectivity index is 2.34. The van der Waals surface area contributed by atoms with E-state index in [1.807, 2.05) is 7.05 Å². The summed E-state index contributed by atoms with van der Waals surface area (Å²) in [4.78, 5) is 16.6. The second-order valence-electron chi connectivity index (χ2n) is 2.97. The maximum Gasteiger partial charge on any atom is 0.214 e. The SMILES string of the molecule is CN1CCn2nc(C=O)nc2C1. The summed E-state index contributed by atoms with van der Waals surface area (Å²) in [6, 6.07) is 0. The van der Waals surface area contributed by atoms with E-state index in [1.54, 1.807) is 4.68 Å². The summed E-state index contributed by atoms with van der Waals surface area (Å²) in [6.07, 6.45) is 0.686. The van der Waals surface area contributed by atoms with Crippen molar-refractivity contribution >= 4 is 6.29 Å². The third kappa shape index (κ3) is 1.12. The zero-order valence-corrected chi connectivity index (χ0v) is 6.90. The van der Waals surface area contributed by atoms with E-state index in [-0.39, 0.29) is 0 Å². The Morgan fingerprint density at radius 1 is 1.50 bits per heavy atom. The lowest BCUT2D eigenvalue weighted by molar-refractivity contribution is 0.111. The third-order valence-electron chi connectivity index (χ3n) is 1.97. The van der Waals surface area contributed by atoms with Crippen molar-refractivity contribution in [3.05, 3.63) is 11.6 Å². The molecule has 0 saturated carbocycles. The molecule has 0 fully saturated rings. The highest BCUT2D eigenvalue weighted by Gasteiger charge is 2.16. The van der Waals surface area contributed by atoms with Gasteiger partial charge in [0.15, 0.2) is 6.29 Å². The lowest BCUT2D eigenvalue weighted by Crippen LogP contribution is -2.30. The average molecular weight is 166 g/mol. The summed E-state index contributed by atoms with van der Waals surface area (Å²) in [5.74, 6) is 1.17. The molecule has 0 saturated heterocycles. The molecule has 1 aromatic heterocycles. The molecule has 1 aromatic rings. The number of likely N-dealkylation sites (N-methyl/N-ethyl adjacent to an activating group) is 1. The van der Waals surface area contributed by atoms with Crippen LogP contribution in [0, 0.1) is 0 Å². The number of aldehydes is 1. The topological polar surface area (TPSA) is 51.0 Å². The molecule has 1 aliphatic heterocycles. The quantitative estimate of drug-likeness (QED) is 0.529. The van der Waals surface area contributed by atoms with E-state index < -0.39 is 0 Å². The molecule has 0 amide bonds. The third-order valence-corrected chi connectivity index (χ3v) is 1.97. The first-order valence-corrected chi connectivity index (χ1v) is 3.87. The van der Waals surface area contributed by atoms with E-state index >= 15 is 0 Å². The smallest absolute Gasteiger partial charge is 0.214 e. The van der Waals surface area contributed by atoms with Crippen molar-refractivity contribution in [2.45, 2.75) is 13.1 Å². The number of carbonyl (C=O) groups excluding carboxylic acids is 1. The summed E-state index contributed by atoms with van der Waals surface area (Å²) in [7, 11) is 2.03. The molecule has 64 valence electrons. The fourth-order valence-electron chi connectivity index (χ4n) is 1.33. The van der Waals surface area contributed by atoms with E-state index in [1.165, 1.54) is 0 Å². The normalized spacial score (nSPS) is 17.4. The highest BCUT2D eigenvalue weighted by Crippen LogP contribution is 2.06. The molecule has 12 heavy (non-hydrogen) atoms. The van der Waals surface area contributed by atoms with E-state index in [4.69, 9.17) is 0 Å². The van der Waals surface area contributed by atoms with Gasteiger partial charge in [-0.05, 0) is 7.05 Å². The second-order valence-corrected chi connectivity index (χ2v) is 2.97. The minimum atomic E-state index is 0.292. The van der Waals surface area contributed by atoms with Gasteiger partial charge >= 0.3 is 0 Å². The van der Waals surface area contributed by atoms with Crippen LogP contribution in [0.4, 0.5) is 0 Å². The fourth-order valence-corrected chi connectivity index (χ4v) is 1.33. The van der Waals surface area contributed by atoms with E-state index in [9.17, 15) is 4.79 Å². The van der Waals surface area contributed by atoms with Crippen LogP contribution >= 0.6 is 0 Å². The molecule has 1 aliphatic rings. The summed E-state index contributed by atoms with van der Waals surface area (Å²) in [5.41, 5.74) is 0. The predicted molar refractivity (Wildman–Crippen MR) is 41.7 cm³/mol. The van der Waals surface area contributed by atoms with Gasteiger partial charge in [0.25, 0.3) is 0 Å². The fraction of sp³-hybridized carbons (Fsp3) is 0.571. The molecule has 2 rings (SSSR count).